The summed E-state index contributed by atoms with van der Waals surface area (Å²) in [5, 5.41) is 13.3. The molecule has 1 aliphatic heterocycles. The standard InChI is InChI=1S/C13H21N3O/c1-9-4-5-13(17)12(15-9)8-16-6-10(2)14-11(3)7-16/h4-5,10-11,14,17H,6-8H2,1-3H3. The molecule has 2 unspecified atom stereocenters. The first-order valence-electron chi connectivity index (χ1n) is 6.18. The molecule has 1 aromatic heterocycles. The molecule has 0 bridgehead atoms. The van der Waals surface area contributed by atoms with Crippen LogP contribution in [0, 0.1) is 6.92 Å². The fraction of sp³-hybridized carbons (Fsp3) is 0.615. The number of aryl methyl sites for hydroxylation is 1. The van der Waals surface area contributed by atoms with Crippen molar-refractivity contribution in [2.24, 2.45) is 0 Å². The highest BCUT2D eigenvalue weighted by atomic mass is 16.3. The molecule has 0 saturated carbocycles. The van der Waals surface area contributed by atoms with Gasteiger partial charge in [-0.3, -0.25) is 9.88 Å². The van der Waals surface area contributed by atoms with Crippen LogP contribution in [-0.2, 0) is 6.54 Å². The molecule has 1 aliphatic rings. The average molecular weight is 235 g/mol. The third-order valence-electron chi connectivity index (χ3n) is 3.10. The first kappa shape index (κ1) is 12.3. The van der Waals surface area contributed by atoms with Gasteiger partial charge in [0.2, 0.25) is 0 Å². The van der Waals surface area contributed by atoms with Crippen LogP contribution in [0.4, 0.5) is 0 Å². The van der Waals surface area contributed by atoms with E-state index in [1.165, 1.54) is 0 Å². The van der Waals surface area contributed by atoms with E-state index in [9.17, 15) is 5.11 Å². The van der Waals surface area contributed by atoms with E-state index in [0.29, 0.717) is 17.8 Å². The number of pyridine rings is 1. The van der Waals surface area contributed by atoms with Crippen LogP contribution in [0.15, 0.2) is 12.1 Å². The molecule has 2 heterocycles. The molecule has 0 radical (unpaired) electrons. The molecule has 4 nitrogen and oxygen atoms in total. The van der Waals surface area contributed by atoms with Crippen molar-refractivity contribution < 1.29 is 5.11 Å². The second kappa shape index (κ2) is 5.02. The monoisotopic (exact) mass is 235 g/mol. The first-order valence-corrected chi connectivity index (χ1v) is 6.18. The van der Waals surface area contributed by atoms with Crippen molar-refractivity contribution in [2.75, 3.05) is 13.1 Å². The lowest BCUT2D eigenvalue weighted by atomic mass is 10.1. The fourth-order valence-corrected chi connectivity index (χ4v) is 2.50. The lowest BCUT2D eigenvalue weighted by Crippen LogP contribution is -2.53. The Labute approximate surface area is 103 Å². The van der Waals surface area contributed by atoms with Crippen LogP contribution in [0.25, 0.3) is 0 Å². The number of nitrogens with zero attached hydrogens (tertiary/aromatic N) is 2. The number of rotatable bonds is 2. The summed E-state index contributed by atoms with van der Waals surface area (Å²) >= 11 is 0. The number of aromatic nitrogens is 1. The van der Waals surface area contributed by atoms with E-state index in [1.807, 2.05) is 13.0 Å². The Morgan fingerprint density at radius 2 is 2.00 bits per heavy atom. The van der Waals surface area contributed by atoms with Crippen molar-refractivity contribution in [3.63, 3.8) is 0 Å². The van der Waals surface area contributed by atoms with E-state index in [-0.39, 0.29) is 0 Å². The lowest BCUT2D eigenvalue weighted by Gasteiger charge is -2.36. The molecule has 0 aromatic carbocycles. The molecule has 1 fully saturated rings. The molecule has 94 valence electrons. The second-order valence-corrected chi connectivity index (χ2v) is 5.08. The van der Waals surface area contributed by atoms with Gasteiger partial charge in [-0.2, -0.15) is 0 Å². The number of piperazine rings is 1. The summed E-state index contributed by atoms with van der Waals surface area (Å²) in [6.07, 6.45) is 0. The average Bonchev–Trinajstić information content (AvgIpc) is 2.22. The third kappa shape index (κ3) is 3.17. The Hall–Kier alpha value is -1.13. The van der Waals surface area contributed by atoms with Gasteiger partial charge in [-0.25, -0.2) is 0 Å². The van der Waals surface area contributed by atoms with Gasteiger partial charge in [0.1, 0.15) is 5.75 Å². The molecule has 2 atom stereocenters. The van der Waals surface area contributed by atoms with Crippen LogP contribution in [0.5, 0.6) is 5.75 Å². The maximum atomic E-state index is 9.79. The van der Waals surface area contributed by atoms with Crippen LogP contribution >= 0.6 is 0 Å². The van der Waals surface area contributed by atoms with Crippen LogP contribution in [0.2, 0.25) is 0 Å². The van der Waals surface area contributed by atoms with E-state index < -0.39 is 0 Å². The summed E-state index contributed by atoms with van der Waals surface area (Å²) in [4.78, 5) is 6.75. The Kier molecular flexibility index (Phi) is 3.64. The fourth-order valence-electron chi connectivity index (χ4n) is 2.50. The molecular weight excluding hydrogens is 214 g/mol. The summed E-state index contributed by atoms with van der Waals surface area (Å²) in [6, 6.07) is 4.55. The number of hydrogen-bond acceptors (Lipinski definition) is 4. The van der Waals surface area contributed by atoms with E-state index in [0.717, 1.165) is 31.0 Å². The highest BCUT2D eigenvalue weighted by Gasteiger charge is 2.21. The van der Waals surface area contributed by atoms with Crippen molar-refractivity contribution >= 4 is 0 Å². The van der Waals surface area contributed by atoms with E-state index in [1.54, 1.807) is 6.07 Å². The SMILES string of the molecule is Cc1ccc(O)c(CN2CC(C)NC(C)C2)n1. The Bertz CT molecular complexity index is 384. The Morgan fingerprint density at radius 1 is 1.35 bits per heavy atom. The largest absolute Gasteiger partial charge is 0.506 e. The topological polar surface area (TPSA) is 48.4 Å². The van der Waals surface area contributed by atoms with Gasteiger partial charge >= 0.3 is 0 Å². The van der Waals surface area contributed by atoms with E-state index in [2.05, 4.69) is 29.0 Å². The van der Waals surface area contributed by atoms with E-state index in [4.69, 9.17) is 0 Å². The molecule has 2 rings (SSSR count). The zero-order valence-electron chi connectivity index (χ0n) is 10.8. The summed E-state index contributed by atoms with van der Waals surface area (Å²) in [6.45, 7) is 9.05. The minimum Gasteiger partial charge on any atom is -0.506 e. The normalized spacial score (nSPS) is 26.1. The van der Waals surface area contributed by atoms with Crippen LogP contribution < -0.4 is 5.32 Å². The van der Waals surface area contributed by atoms with Crippen molar-refractivity contribution in [1.29, 1.82) is 0 Å². The predicted molar refractivity (Wildman–Crippen MR) is 68.0 cm³/mol. The Balaban J connectivity index is 2.07. The van der Waals surface area contributed by atoms with Crippen LogP contribution in [0.3, 0.4) is 0 Å². The van der Waals surface area contributed by atoms with Crippen LogP contribution in [-0.4, -0.2) is 40.2 Å². The molecule has 0 spiro atoms. The number of hydrogen-bond donors (Lipinski definition) is 2. The summed E-state index contributed by atoms with van der Waals surface area (Å²) in [5.74, 6) is 0.300. The highest BCUT2D eigenvalue weighted by molar-refractivity contribution is 5.27. The Morgan fingerprint density at radius 3 is 2.65 bits per heavy atom. The number of nitrogens with one attached hydrogen (secondary N) is 1. The van der Waals surface area contributed by atoms with Gasteiger partial charge in [-0.15, -0.1) is 0 Å². The summed E-state index contributed by atoms with van der Waals surface area (Å²) in [5.41, 5.74) is 1.74. The van der Waals surface area contributed by atoms with Crippen molar-refractivity contribution in [3.05, 3.63) is 23.5 Å². The molecule has 0 aliphatic carbocycles. The molecule has 4 heteroatoms. The zero-order valence-corrected chi connectivity index (χ0v) is 10.8. The minimum atomic E-state index is 0.300. The quantitative estimate of drug-likeness (QED) is 0.810. The van der Waals surface area contributed by atoms with Crippen molar-refractivity contribution in [2.45, 2.75) is 39.4 Å². The molecular formula is C13H21N3O. The maximum Gasteiger partial charge on any atom is 0.138 e. The second-order valence-electron chi connectivity index (χ2n) is 5.08. The van der Waals surface area contributed by atoms with Gasteiger partial charge in [0.05, 0.1) is 5.69 Å². The minimum absolute atomic E-state index is 0.300. The summed E-state index contributed by atoms with van der Waals surface area (Å²) in [7, 11) is 0. The molecule has 1 aromatic rings. The highest BCUT2D eigenvalue weighted by Crippen LogP contribution is 2.18. The van der Waals surface area contributed by atoms with Crippen LogP contribution in [0.1, 0.15) is 25.2 Å². The first-order chi connectivity index (χ1) is 8.04. The molecule has 17 heavy (non-hydrogen) atoms. The predicted octanol–water partition coefficient (Wildman–Crippen LogP) is 1.28. The summed E-state index contributed by atoms with van der Waals surface area (Å²) < 4.78 is 0. The van der Waals surface area contributed by atoms with Gasteiger partial charge in [0.25, 0.3) is 0 Å². The third-order valence-corrected chi connectivity index (χ3v) is 3.10. The van der Waals surface area contributed by atoms with Gasteiger partial charge in [0, 0.05) is 37.4 Å². The molecule has 0 amide bonds. The van der Waals surface area contributed by atoms with Crippen molar-refractivity contribution in [3.8, 4) is 5.75 Å². The number of aromatic hydroxyl groups is 1. The maximum absolute atomic E-state index is 9.79. The molecule has 2 N–H and O–H groups in total. The van der Waals surface area contributed by atoms with Gasteiger partial charge in [0.15, 0.2) is 0 Å². The van der Waals surface area contributed by atoms with Gasteiger partial charge in [-0.05, 0) is 32.9 Å². The van der Waals surface area contributed by atoms with Crippen molar-refractivity contribution in [1.82, 2.24) is 15.2 Å². The van der Waals surface area contributed by atoms with Gasteiger partial charge < -0.3 is 10.4 Å². The zero-order chi connectivity index (χ0) is 12.4. The smallest absolute Gasteiger partial charge is 0.138 e. The van der Waals surface area contributed by atoms with E-state index >= 15 is 0 Å². The lowest BCUT2D eigenvalue weighted by molar-refractivity contribution is 0.163. The van der Waals surface area contributed by atoms with Gasteiger partial charge in [-0.1, -0.05) is 0 Å². The molecule has 1 saturated heterocycles.